The Hall–Kier alpha value is -4.44. The number of nitrogens with zero attached hydrogens (tertiary/aromatic N) is 2. The van der Waals surface area contributed by atoms with E-state index < -0.39 is 23.7 Å². The molecule has 1 N–H and O–H groups in total. The molecule has 1 atom stereocenters. The number of hydrogen-bond donors (Lipinski definition) is 1. The highest BCUT2D eigenvalue weighted by Gasteiger charge is 2.48. The summed E-state index contributed by atoms with van der Waals surface area (Å²) in [6.45, 7) is 8.06. The van der Waals surface area contributed by atoms with Gasteiger partial charge in [0.05, 0.1) is 31.0 Å². The van der Waals surface area contributed by atoms with E-state index in [1.807, 2.05) is 6.92 Å². The lowest BCUT2D eigenvalue weighted by atomic mass is 9.95. The van der Waals surface area contributed by atoms with Crippen molar-refractivity contribution in [3.05, 3.63) is 88.5 Å². The van der Waals surface area contributed by atoms with Crippen LogP contribution >= 0.6 is 11.3 Å². The zero-order valence-corrected chi connectivity index (χ0v) is 22.6. The van der Waals surface area contributed by atoms with Crippen molar-refractivity contribution in [2.24, 2.45) is 0 Å². The number of aromatic nitrogens is 1. The van der Waals surface area contributed by atoms with Crippen LogP contribution in [0.1, 0.15) is 45.9 Å². The quantitative estimate of drug-likeness (QED) is 0.121. The van der Waals surface area contributed by atoms with E-state index in [0.717, 1.165) is 17.8 Å². The number of amides is 1. The Kier molecular flexibility index (Phi) is 8.46. The zero-order chi connectivity index (χ0) is 28.1. The molecule has 1 saturated heterocycles. The van der Waals surface area contributed by atoms with Gasteiger partial charge in [-0.2, -0.15) is 0 Å². The molecule has 0 bridgehead atoms. The second-order valence-electron chi connectivity index (χ2n) is 8.62. The predicted molar refractivity (Wildman–Crippen MR) is 147 cm³/mol. The topological polar surface area (TPSA) is 115 Å². The van der Waals surface area contributed by atoms with Gasteiger partial charge >= 0.3 is 11.9 Å². The van der Waals surface area contributed by atoms with Crippen LogP contribution in [-0.4, -0.2) is 48.1 Å². The summed E-state index contributed by atoms with van der Waals surface area (Å²) in [5.74, 6) is -1.61. The number of benzene rings is 2. The van der Waals surface area contributed by atoms with E-state index in [2.05, 4.69) is 11.6 Å². The lowest BCUT2D eigenvalue weighted by molar-refractivity contribution is -0.132. The fourth-order valence-corrected chi connectivity index (χ4v) is 5.14. The van der Waals surface area contributed by atoms with Crippen LogP contribution in [0.4, 0.5) is 5.13 Å². The number of thiazole rings is 1. The number of aliphatic hydroxyl groups is 1. The molecule has 202 valence electrons. The number of Topliss-reactive ketones (excluding diaryl/α,β-unsaturated/α-hetero) is 1. The van der Waals surface area contributed by atoms with Crippen LogP contribution in [0.2, 0.25) is 0 Å². The molecule has 0 spiro atoms. The maximum absolute atomic E-state index is 13.4. The van der Waals surface area contributed by atoms with Crippen molar-refractivity contribution in [1.82, 2.24) is 4.98 Å². The molecule has 1 amide bonds. The molecule has 4 rings (SSSR count). The monoisotopic (exact) mass is 548 g/mol. The summed E-state index contributed by atoms with van der Waals surface area (Å²) in [5, 5.41) is 11.5. The number of aliphatic hydroxyl groups excluding tert-OH is 1. The molecule has 1 fully saturated rings. The van der Waals surface area contributed by atoms with Gasteiger partial charge in [0, 0.05) is 5.56 Å². The van der Waals surface area contributed by atoms with Gasteiger partial charge in [-0.25, -0.2) is 9.78 Å². The van der Waals surface area contributed by atoms with Gasteiger partial charge in [-0.1, -0.05) is 43.0 Å². The average molecular weight is 549 g/mol. The van der Waals surface area contributed by atoms with Crippen LogP contribution in [0.25, 0.3) is 5.76 Å². The minimum atomic E-state index is -1.04. The number of ketones is 1. The number of carbonyl (C=O) groups excluding carboxylic acids is 3. The van der Waals surface area contributed by atoms with Crippen molar-refractivity contribution in [2.45, 2.75) is 26.3 Å². The van der Waals surface area contributed by atoms with Gasteiger partial charge in [-0.05, 0) is 55.3 Å². The van der Waals surface area contributed by atoms with Gasteiger partial charge in [0.15, 0.2) is 5.13 Å². The normalized spacial score (nSPS) is 16.3. The van der Waals surface area contributed by atoms with Gasteiger partial charge < -0.3 is 19.3 Å². The van der Waals surface area contributed by atoms with E-state index >= 15 is 0 Å². The largest absolute Gasteiger partial charge is 0.507 e. The first-order chi connectivity index (χ1) is 18.8. The first-order valence-corrected chi connectivity index (χ1v) is 13.1. The molecule has 9 nitrogen and oxygen atoms in total. The first-order valence-electron chi connectivity index (χ1n) is 12.2. The Labute approximate surface area is 230 Å². The molecule has 10 heteroatoms. The molecule has 3 aromatic rings. The average Bonchev–Trinajstić information content (AvgIpc) is 3.46. The molecule has 1 aliphatic heterocycles. The van der Waals surface area contributed by atoms with Crippen LogP contribution in [0.15, 0.2) is 66.8 Å². The molecule has 2 heterocycles. The summed E-state index contributed by atoms with van der Waals surface area (Å²) >= 11 is 0.933. The lowest BCUT2D eigenvalue weighted by Crippen LogP contribution is -2.29. The van der Waals surface area contributed by atoms with E-state index in [4.69, 9.17) is 14.2 Å². The van der Waals surface area contributed by atoms with E-state index in [1.54, 1.807) is 61.5 Å². The molecule has 1 unspecified atom stereocenters. The lowest BCUT2D eigenvalue weighted by Gasteiger charge is -2.23. The van der Waals surface area contributed by atoms with E-state index in [0.29, 0.717) is 34.9 Å². The highest BCUT2D eigenvalue weighted by Crippen LogP contribution is 2.44. The van der Waals surface area contributed by atoms with E-state index in [-0.39, 0.29) is 27.9 Å². The summed E-state index contributed by atoms with van der Waals surface area (Å²) in [6.07, 6.45) is 2.44. The van der Waals surface area contributed by atoms with Crippen molar-refractivity contribution in [2.75, 3.05) is 25.2 Å². The number of hydrogen-bond acceptors (Lipinski definition) is 9. The minimum Gasteiger partial charge on any atom is -0.507 e. The van der Waals surface area contributed by atoms with Gasteiger partial charge in [0.25, 0.3) is 5.78 Å². The maximum Gasteiger partial charge on any atom is 0.350 e. The second-order valence-corrected chi connectivity index (χ2v) is 9.59. The second kappa shape index (κ2) is 12.0. The Morgan fingerprint density at radius 1 is 1.15 bits per heavy atom. The molecule has 1 aromatic heterocycles. The molecule has 0 saturated carbocycles. The van der Waals surface area contributed by atoms with Crippen molar-refractivity contribution in [3.8, 4) is 11.5 Å². The maximum atomic E-state index is 13.4. The van der Waals surface area contributed by atoms with Crippen LogP contribution in [0.5, 0.6) is 11.5 Å². The fraction of sp³-hybridized carbons (Fsp3) is 0.241. The molecule has 0 aliphatic carbocycles. The predicted octanol–water partition coefficient (Wildman–Crippen LogP) is 5.22. The SMILES string of the molecule is C=CCOc1cccc(C2/C(=C(\O)c3ccc(OCCC)cc3)C(=O)C(=O)N2c2nc(C)c(C(=O)OC)s2)c1. The van der Waals surface area contributed by atoms with Gasteiger partial charge in [0.1, 0.15) is 28.7 Å². The van der Waals surface area contributed by atoms with Gasteiger partial charge in [-0.15, -0.1) is 0 Å². The van der Waals surface area contributed by atoms with Crippen molar-refractivity contribution in [3.63, 3.8) is 0 Å². The summed E-state index contributed by atoms with van der Waals surface area (Å²) in [7, 11) is 1.25. The van der Waals surface area contributed by atoms with Crippen LogP contribution in [-0.2, 0) is 14.3 Å². The number of esters is 1. The Morgan fingerprint density at radius 3 is 2.56 bits per heavy atom. The third kappa shape index (κ3) is 5.56. The third-order valence-corrected chi connectivity index (χ3v) is 7.09. The standard InChI is InChI=1S/C29H28N2O7S/c1-5-14-37-20-12-10-18(11-13-20)24(32)22-23(19-8-7-9-21(16-19)38-15-6-2)31(27(34)25(22)33)29-30-17(3)26(39-29)28(35)36-4/h6-13,16,23,32H,2,5,14-15H2,1,3-4H3/b24-22+. The summed E-state index contributed by atoms with van der Waals surface area (Å²) in [4.78, 5) is 44.9. The van der Waals surface area contributed by atoms with Gasteiger partial charge in [-0.3, -0.25) is 14.5 Å². The fourth-order valence-electron chi connectivity index (χ4n) is 4.13. The number of rotatable bonds is 10. The number of ether oxygens (including phenoxy) is 3. The number of anilines is 1. The first kappa shape index (κ1) is 27.6. The minimum absolute atomic E-state index is 0.115. The van der Waals surface area contributed by atoms with E-state index in [9.17, 15) is 19.5 Å². The number of methoxy groups -OCH3 is 1. The van der Waals surface area contributed by atoms with Crippen LogP contribution in [0.3, 0.4) is 0 Å². The number of aryl methyl sites for hydroxylation is 1. The number of carbonyl (C=O) groups is 3. The highest BCUT2D eigenvalue weighted by molar-refractivity contribution is 7.17. The van der Waals surface area contributed by atoms with Crippen LogP contribution in [0, 0.1) is 6.92 Å². The summed E-state index contributed by atoms with van der Waals surface area (Å²) < 4.78 is 16.1. The van der Waals surface area contributed by atoms with Crippen LogP contribution < -0.4 is 14.4 Å². The molecule has 2 aromatic carbocycles. The molecule has 1 aliphatic rings. The summed E-state index contributed by atoms with van der Waals surface area (Å²) in [5.41, 5.74) is 1.09. The molecular formula is C29H28N2O7S. The molecular weight excluding hydrogens is 520 g/mol. The third-order valence-electron chi connectivity index (χ3n) is 5.95. The van der Waals surface area contributed by atoms with Crippen molar-refractivity contribution >= 4 is 39.9 Å². The Balaban J connectivity index is 1.87. The highest BCUT2D eigenvalue weighted by atomic mass is 32.1. The molecule has 39 heavy (non-hydrogen) atoms. The van der Waals surface area contributed by atoms with Crippen molar-refractivity contribution in [1.29, 1.82) is 0 Å². The smallest absolute Gasteiger partial charge is 0.350 e. The van der Waals surface area contributed by atoms with Gasteiger partial charge in [0.2, 0.25) is 0 Å². The Morgan fingerprint density at radius 2 is 1.90 bits per heavy atom. The molecule has 0 radical (unpaired) electrons. The Bertz CT molecular complexity index is 1440. The zero-order valence-electron chi connectivity index (χ0n) is 21.8. The summed E-state index contributed by atoms with van der Waals surface area (Å²) in [6, 6.07) is 12.4. The van der Waals surface area contributed by atoms with E-state index in [1.165, 1.54) is 12.0 Å². The van der Waals surface area contributed by atoms with Crippen molar-refractivity contribution < 1.29 is 33.7 Å².